The molecule has 16 heavy (non-hydrogen) atoms. The molecule has 2 aromatic rings. The fourth-order valence-corrected chi connectivity index (χ4v) is 1.63. The van der Waals surface area contributed by atoms with E-state index in [-0.39, 0.29) is 0 Å². The van der Waals surface area contributed by atoms with Gasteiger partial charge in [0.1, 0.15) is 0 Å². The quantitative estimate of drug-likeness (QED) is 0.748. The average Bonchev–Trinajstić information content (AvgIpc) is 2.29. The van der Waals surface area contributed by atoms with Crippen molar-refractivity contribution in [2.24, 2.45) is 5.73 Å². The molecule has 0 saturated heterocycles. The van der Waals surface area contributed by atoms with E-state index >= 15 is 0 Å². The summed E-state index contributed by atoms with van der Waals surface area (Å²) in [5.41, 5.74) is 13.8. The van der Waals surface area contributed by atoms with Gasteiger partial charge in [0.05, 0.1) is 0 Å². The maximum absolute atomic E-state index is 11.3. The first-order valence-corrected chi connectivity index (χ1v) is 4.93. The predicted octanol–water partition coefficient (Wildman–Crippen LogP) is 2.03. The van der Waals surface area contributed by atoms with E-state index in [2.05, 4.69) is 0 Å². The van der Waals surface area contributed by atoms with E-state index in [9.17, 15) is 4.79 Å². The molecular formula is C13H12N2O. The lowest BCUT2D eigenvalue weighted by atomic mass is 9.99. The fraction of sp³-hybridized carbons (Fsp3) is 0. The van der Waals surface area contributed by atoms with Crippen LogP contribution in [0, 0.1) is 0 Å². The van der Waals surface area contributed by atoms with Crippen molar-refractivity contribution in [3.05, 3.63) is 54.1 Å². The molecule has 3 nitrogen and oxygen atoms in total. The number of hydrogen-bond donors (Lipinski definition) is 2. The minimum atomic E-state index is -0.446. The molecule has 4 N–H and O–H groups in total. The largest absolute Gasteiger partial charge is 0.399 e. The zero-order valence-electron chi connectivity index (χ0n) is 8.68. The lowest BCUT2D eigenvalue weighted by molar-refractivity contribution is 0.100. The van der Waals surface area contributed by atoms with Crippen LogP contribution in [0.2, 0.25) is 0 Å². The van der Waals surface area contributed by atoms with Crippen LogP contribution in [0.4, 0.5) is 5.69 Å². The molecule has 3 heteroatoms. The summed E-state index contributed by atoms with van der Waals surface area (Å²) in [6.45, 7) is 0. The number of carbonyl (C=O) groups excluding carboxylic acids is 1. The first-order valence-electron chi connectivity index (χ1n) is 4.93. The van der Waals surface area contributed by atoms with Crippen molar-refractivity contribution < 1.29 is 4.79 Å². The predicted molar refractivity (Wildman–Crippen MR) is 64.8 cm³/mol. The van der Waals surface area contributed by atoms with Gasteiger partial charge >= 0.3 is 0 Å². The lowest BCUT2D eigenvalue weighted by Crippen LogP contribution is -2.12. The fourth-order valence-electron chi connectivity index (χ4n) is 1.63. The van der Waals surface area contributed by atoms with Crippen LogP contribution in [-0.2, 0) is 0 Å². The Morgan fingerprint density at radius 1 is 1.00 bits per heavy atom. The SMILES string of the molecule is NC(=O)c1ccc(N)cc1-c1ccccc1. The molecule has 0 bridgehead atoms. The third-order valence-electron chi connectivity index (χ3n) is 2.39. The summed E-state index contributed by atoms with van der Waals surface area (Å²) in [6.07, 6.45) is 0. The van der Waals surface area contributed by atoms with E-state index in [4.69, 9.17) is 11.5 Å². The Bertz CT molecular complexity index is 521. The van der Waals surface area contributed by atoms with Crippen LogP contribution in [0.3, 0.4) is 0 Å². The summed E-state index contributed by atoms with van der Waals surface area (Å²) < 4.78 is 0. The van der Waals surface area contributed by atoms with Gasteiger partial charge in [0.2, 0.25) is 5.91 Å². The average molecular weight is 212 g/mol. The number of nitrogens with two attached hydrogens (primary N) is 2. The topological polar surface area (TPSA) is 69.1 Å². The minimum Gasteiger partial charge on any atom is -0.399 e. The molecule has 0 aliphatic rings. The highest BCUT2D eigenvalue weighted by Crippen LogP contribution is 2.25. The molecule has 0 saturated carbocycles. The number of nitrogen functional groups attached to an aromatic ring is 1. The maximum Gasteiger partial charge on any atom is 0.249 e. The van der Waals surface area contributed by atoms with Crippen LogP contribution in [0.15, 0.2) is 48.5 Å². The number of hydrogen-bond acceptors (Lipinski definition) is 2. The third kappa shape index (κ3) is 1.88. The lowest BCUT2D eigenvalue weighted by Gasteiger charge is -2.07. The molecule has 2 aromatic carbocycles. The Hall–Kier alpha value is -2.29. The van der Waals surface area contributed by atoms with E-state index in [1.54, 1.807) is 18.2 Å². The van der Waals surface area contributed by atoms with Gasteiger partial charge < -0.3 is 11.5 Å². The highest BCUT2D eigenvalue weighted by atomic mass is 16.1. The van der Waals surface area contributed by atoms with Crippen molar-refractivity contribution >= 4 is 11.6 Å². The van der Waals surface area contributed by atoms with Crippen molar-refractivity contribution in [1.29, 1.82) is 0 Å². The molecule has 0 fully saturated rings. The van der Waals surface area contributed by atoms with Gasteiger partial charge in [0.15, 0.2) is 0 Å². The second-order valence-corrected chi connectivity index (χ2v) is 3.54. The van der Waals surface area contributed by atoms with Crippen molar-refractivity contribution in [3.8, 4) is 11.1 Å². The van der Waals surface area contributed by atoms with Gasteiger partial charge in [-0.3, -0.25) is 4.79 Å². The molecule has 0 aromatic heterocycles. The molecule has 0 spiro atoms. The van der Waals surface area contributed by atoms with Gasteiger partial charge in [-0.05, 0) is 29.3 Å². The highest BCUT2D eigenvalue weighted by molar-refractivity contribution is 6.00. The van der Waals surface area contributed by atoms with Gasteiger partial charge in [-0.25, -0.2) is 0 Å². The smallest absolute Gasteiger partial charge is 0.249 e. The highest BCUT2D eigenvalue weighted by Gasteiger charge is 2.09. The molecule has 0 aliphatic carbocycles. The normalized spacial score (nSPS) is 10.0. The van der Waals surface area contributed by atoms with E-state index in [0.717, 1.165) is 11.1 Å². The first-order chi connectivity index (χ1) is 7.68. The second-order valence-electron chi connectivity index (χ2n) is 3.54. The van der Waals surface area contributed by atoms with Crippen molar-refractivity contribution in [1.82, 2.24) is 0 Å². The minimum absolute atomic E-state index is 0.446. The van der Waals surface area contributed by atoms with Crippen LogP contribution < -0.4 is 11.5 Å². The molecule has 0 radical (unpaired) electrons. The zero-order valence-corrected chi connectivity index (χ0v) is 8.68. The summed E-state index contributed by atoms with van der Waals surface area (Å²) in [4.78, 5) is 11.3. The van der Waals surface area contributed by atoms with Crippen LogP contribution in [0.5, 0.6) is 0 Å². The van der Waals surface area contributed by atoms with Crippen LogP contribution in [-0.4, -0.2) is 5.91 Å². The number of amides is 1. The maximum atomic E-state index is 11.3. The summed E-state index contributed by atoms with van der Waals surface area (Å²) in [5, 5.41) is 0. The van der Waals surface area contributed by atoms with E-state index in [1.165, 1.54) is 0 Å². The number of benzene rings is 2. The van der Waals surface area contributed by atoms with Gasteiger partial charge in [0, 0.05) is 11.3 Å². The van der Waals surface area contributed by atoms with E-state index in [0.29, 0.717) is 11.3 Å². The van der Waals surface area contributed by atoms with Crippen molar-refractivity contribution in [3.63, 3.8) is 0 Å². The molecule has 0 aliphatic heterocycles. The van der Waals surface area contributed by atoms with Crippen molar-refractivity contribution in [2.75, 3.05) is 5.73 Å². The van der Waals surface area contributed by atoms with Gasteiger partial charge in [-0.2, -0.15) is 0 Å². The van der Waals surface area contributed by atoms with E-state index in [1.807, 2.05) is 30.3 Å². The molecule has 1 amide bonds. The Labute approximate surface area is 93.7 Å². The Morgan fingerprint density at radius 2 is 1.69 bits per heavy atom. The number of anilines is 1. The number of rotatable bonds is 2. The summed E-state index contributed by atoms with van der Waals surface area (Å²) in [7, 11) is 0. The Morgan fingerprint density at radius 3 is 2.31 bits per heavy atom. The van der Waals surface area contributed by atoms with Gasteiger partial charge in [0.25, 0.3) is 0 Å². The van der Waals surface area contributed by atoms with E-state index < -0.39 is 5.91 Å². The molecule has 0 unspecified atom stereocenters. The standard InChI is InChI=1S/C13H12N2O/c14-10-6-7-11(13(15)16)12(8-10)9-4-2-1-3-5-9/h1-8H,14H2,(H2,15,16). The van der Waals surface area contributed by atoms with Gasteiger partial charge in [-0.15, -0.1) is 0 Å². The second kappa shape index (κ2) is 4.06. The summed E-state index contributed by atoms with van der Waals surface area (Å²) in [6, 6.07) is 14.6. The van der Waals surface area contributed by atoms with Gasteiger partial charge in [-0.1, -0.05) is 30.3 Å². The monoisotopic (exact) mass is 212 g/mol. The first kappa shape index (κ1) is 10.2. The number of carbonyl (C=O) groups is 1. The molecular weight excluding hydrogens is 200 g/mol. The summed E-state index contributed by atoms with van der Waals surface area (Å²) >= 11 is 0. The molecule has 2 rings (SSSR count). The Balaban J connectivity index is 2.63. The van der Waals surface area contributed by atoms with Crippen LogP contribution in [0.1, 0.15) is 10.4 Å². The van der Waals surface area contributed by atoms with Crippen molar-refractivity contribution in [2.45, 2.75) is 0 Å². The number of primary amides is 1. The molecule has 0 heterocycles. The zero-order chi connectivity index (χ0) is 11.5. The molecule has 80 valence electrons. The molecule has 0 atom stereocenters. The van der Waals surface area contributed by atoms with Crippen LogP contribution in [0.25, 0.3) is 11.1 Å². The third-order valence-corrected chi connectivity index (χ3v) is 2.39. The van der Waals surface area contributed by atoms with Crippen LogP contribution >= 0.6 is 0 Å². The summed E-state index contributed by atoms with van der Waals surface area (Å²) in [5.74, 6) is -0.446. The Kier molecular flexibility index (Phi) is 2.60.